The summed E-state index contributed by atoms with van der Waals surface area (Å²) in [6, 6.07) is 13.5. The quantitative estimate of drug-likeness (QED) is 0.801. The number of halogens is 1. The van der Waals surface area contributed by atoms with Crippen LogP contribution >= 0.6 is 0 Å². The van der Waals surface area contributed by atoms with Gasteiger partial charge in [-0.25, -0.2) is 4.39 Å². The van der Waals surface area contributed by atoms with E-state index in [0.717, 1.165) is 5.56 Å². The van der Waals surface area contributed by atoms with Gasteiger partial charge >= 0.3 is 5.97 Å². The lowest BCUT2D eigenvalue weighted by Crippen LogP contribution is -2.22. The Kier molecular flexibility index (Phi) is 6.28. The first-order valence-electron chi connectivity index (χ1n) is 8.23. The maximum absolute atomic E-state index is 13.7. The van der Waals surface area contributed by atoms with Gasteiger partial charge in [-0.05, 0) is 42.2 Å². The normalized spacial score (nSPS) is 13.1. The number of hydrogen-bond donors (Lipinski definition) is 2. The van der Waals surface area contributed by atoms with Crippen LogP contribution in [0, 0.1) is 17.7 Å². The highest BCUT2D eigenvalue weighted by Gasteiger charge is 2.16. The van der Waals surface area contributed by atoms with Gasteiger partial charge in [0.25, 0.3) is 0 Å². The van der Waals surface area contributed by atoms with E-state index in [1.54, 1.807) is 56.3 Å². The van der Waals surface area contributed by atoms with Crippen molar-refractivity contribution in [3.8, 4) is 0 Å². The molecule has 0 aliphatic carbocycles. The van der Waals surface area contributed by atoms with E-state index in [0.29, 0.717) is 24.1 Å². The number of rotatable bonds is 7. The number of amides is 1. The molecule has 25 heavy (non-hydrogen) atoms. The molecule has 0 bridgehead atoms. The Labute approximate surface area is 146 Å². The van der Waals surface area contributed by atoms with Gasteiger partial charge in [0.15, 0.2) is 0 Å². The SMILES string of the molecule is CC(Cc1ccc(NC(=O)C(C)Cc2ccccc2F)cc1)C(=O)O. The summed E-state index contributed by atoms with van der Waals surface area (Å²) in [7, 11) is 0. The van der Waals surface area contributed by atoms with Gasteiger partial charge in [-0.3, -0.25) is 9.59 Å². The van der Waals surface area contributed by atoms with Gasteiger partial charge in [-0.1, -0.05) is 44.2 Å². The van der Waals surface area contributed by atoms with E-state index in [1.807, 2.05) is 0 Å². The summed E-state index contributed by atoms with van der Waals surface area (Å²) in [5.74, 6) is -2.15. The summed E-state index contributed by atoms with van der Waals surface area (Å²) in [5.41, 5.74) is 2.05. The largest absolute Gasteiger partial charge is 0.481 e. The van der Waals surface area contributed by atoms with Crippen LogP contribution in [0.2, 0.25) is 0 Å². The Morgan fingerprint density at radius 2 is 1.64 bits per heavy atom. The number of carboxylic acid groups (broad SMARTS) is 1. The second-order valence-electron chi connectivity index (χ2n) is 6.33. The van der Waals surface area contributed by atoms with Crippen LogP contribution in [0.4, 0.5) is 10.1 Å². The van der Waals surface area contributed by atoms with Gasteiger partial charge in [0.2, 0.25) is 5.91 Å². The first-order valence-corrected chi connectivity index (χ1v) is 8.23. The Morgan fingerprint density at radius 1 is 1.00 bits per heavy atom. The summed E-state index contributed by atoms with van der Waals surface area (Å²) >= 11 is 0. The van der Waals surface area contributed by atoms with Crippen LogP contribution in [-0.2, 0) is 22.4 Å². The smallest absolute Gasteiger partial charge is 0.306 e. The molecule has 4 nitrogen and oxygen atoms in total. The number of carbonyl (C=O) groups is 2. The molecular weight excluding hydrogens is 321 g/mol. The molecule has 2 rings (SSSR count). The molecule has 2 aromatic rings. The maximum Gasteiger partial charge on any atom is 0.306 e. The Morgan fingerprint density at radius 3 is 2.24 bits per heavy atom. The highest BCUT2D eigenvalue weighted by Crippen LogP contribution is 2.17. The number of aliphatic carboxylic acids is 1. The molecule has 0 radical (unpaired) electrons. The number of anilines is 1. The zero-order valence-electron chi connectivity index (χ0n) is 14.3. The van der Waals surface area contributed by atoms with E-state index in [1.165, 1.54) is 6.07 Å². The fourth-order valence-corrected chi connectivity index (χ4v) is 2.52. The fourth-order valence-electron chi connectivity index (χ4n) is 2.52. The lowest BCUT2D eigenvalue weighted by atomic mass is 9.99. The second-order valence-corrected chi connectivity index (χ2v) is 6.33. The van der Waals surface area contributed by atoms with Gasteiger partial charge in [0.05, 0.1) is 5.92 Å². The van der Waals surface area contributed by atoms with E-state index in [2.05, 4.69) is 5.32 Å². The predicted molar refractivity (Wildman–Crippen MR) is 94.8 cm³/mol. The Hall–Kier alpha value is -2.69. The first kappa shape index (κ1) is 18.6. The van der Waals surface area contributed by atoms with Crippen molar-refractivity contribution < 1.29 is 19.1 Å². The highest BCUT2D eigenvalue weighted by molar-refractivity contribution is 5.92. The van der Waals surface area contributed by atoms with E-state index in [9.17, 15) is 14.0 Å². The van der Waals surface area contributed by atoms with Crippen LogP contribution in [0.3, 0.4) is 0 Å². The molecule has 132 valence electrons. The zero-order valence-corrected chi connectivity index (χ0v) is 14.3. The molecule has 1 amide bonds. The molecule has 0 aliphatic heterocycles. The van der Waals surface area contributed by atoms with Gasteiger partial charge in [-0.2, -0.15) is 0 Å². The molecule has 0 saturated heterocycles. The summed E-state index contributed by atoms with van der Waals surface area (Å²) in [4.78, 5) is 23.2. The molecule has 0 heterocycles. The van der Waals surface area contributed by atoms with Crippen molar-refractivity contribution in [1.29, 1.82) is 0 Å². The van der Waals surface area contributed by atoms with E-state index in [-0.39, 0.29) is 17.6 Å². The number of benzene rings is 2. The third-order valence-corrected chi connectivity index (χ3v) is 4.12. The van der Waals surface area contributed by atoms with Gasteiger partial charge in [0, 0.05) is 11.6 Å². The molecule has 0 fully saturated rings. The topological polar surface area (TPSA) is 66.4 Å². The van der Waals surface area contributed by atoms with Crippen LogP contribution in [0.5, 0.6) is 0 Å². The number of nitrogens with one attached hydrogen (secondary N) is 1. The standard InChI is InChI=1S/C20H22FNO3/c1-13(12-16-5-3-4-6-18(16)21)19(23)22-17-9-7-15(8-10-17)11-14(2)20(24)25/h3-10,13-14H,11-12H2,1-2H3,(H,22,23)(H,24,25). The third kappa shape index (κ3) is 5.41. The molecule has 2 unspecified atom stereocenters. The summed E-state index contributed by atoms with van der Waals surface area (Å²) in [5, 5.41) is 11.7. The van der Waals surface area contributed by atoms with Crippen molar-refractivity contribution in [3.05, 3.63) is 65.5 Å². The molecular formula is C20H22FNO3. The minimum absolute atomic E-state index is 0.185. The van der Waals surface area contributed by atoms with Crippen LogP contribution in [0.25, 0.3) is 0 Å². The second kappa shape index (κ2) is 8.42. The zero-order chi connectivity index (χ0) is 18.4. The molecule has 0 aromatic heterocycles. The van der Waals surface area contributed by atoms with Gasteiger partial charge in [-0.15, -0.1) is 0 Å². The molecule has 2 aromatic carbocycles. The summed E-state index contributed by atoms with van der Waals surface area (Å²) < 4.78 is 13.7. The Balaban J connectivity index is 1.93. The van der Waals surface area contributed by atoms with Crippen molar-refractivity contribution in [3.63, 3.8) is 0 Å². The summed E-state index contributed by atoms with van der Waals surface area (Å²) in [6.45, 7) is 3.41. The first-order chi connectivity index (χ1) is 11.9. The van der Waals surface area contributed by atoms with Crippen LogP contribution < -0.4 is 5.32 Å². The minimum Gasteiger partial charge on any atom is -0.481 e. The van der Waals surface area contributed by atoms with Crippen LogP contribution in [0.1, 0.15) is 25.0 Å². The lowest BCUT2D eigenvalue weighted by molar-refractivity contribution is -0.141. The number of carbonyl (C=O) groups excluding carboxylic acids is 1. The molecule has 0 aliphatic rings. The lowest BCUT2D eigenvalue weighted by Gasteiger charge is -2.13. The van der Waals surface area contributed by atoms with Crippen molar-refractivity contribution in [1.82, 2.24) is 0 Å². The molecule has 2 N–H and O–H groups in total. The van der Waals surface area contributed by atoms with Gasteiger partial charge < -0.3 is 10.4 Å². The third-order valence-electron chi connectivity index (χ3n) is 4.12. The monoisotopic (exact) mass is 343 g/mol. The van der Waals surface area contributed by atoms with E-state index >= 15 is 0 Å². The average molecular weight is 343 g/mol. The van der Waals surface area contributed by atoms with Crippen molar-refractivity contribution >= 4 is 17.6 Å². The number of carboxylic acids is 1. The van der Waals surface area contributed by atoms with Crippen molar-refractivity contribution in [2.75, 3.05) is 5.32 Å². The molecule has 2 atom stereocenters. The summed E-state index contributed by atoms with van der Waals surface area (Å²) in [6.07, 6.45) is 0.764. The molecule has 5 heteroatoms. The average Bonchev–Trinajstić information content (AvgIpc) is 2.58. The highest BCUT2D eigenvalue weighted by atomic mass is 19.1. The predicted octanol–water partition coefficient (Wildman–Crippen LogP) is 3.91. The Bertz CT molecular complexity index is 743. The fraction of sp³-hybridized carbons (Fsp3) is 0.300. The maximum atomic E-state index is 13.7. The van der Waals surface area contributed by atoms with Crippen LogP contribution in [-0.4, -0.2) is 17.0 Å². The van der Waals surface area contributed by atoms with E-state index in [4.69, 9.17) is 5.11 Å². The van der Waals surface area contributed by atoms with E-state index < -0.39 is 11.9 Å². The number of hydrogen-bond acceptors (Lipinski definition) is 2. The molecule has 0 saturated carbocycles. The van der Waals surface area contributed by atoms with Crippen LogP contribution in [0.15, 0.2) is 48.5 Å². The van der Waals surface area contributed by atoms with Crippen molar-refractivity contribution in [2.24, 2.45) is 11.8 Å². The van der Waals surface area contributed by atoms with Gasteiger partial charge in [0.1, 0.15) is 5.82 Å². The molecule has 0 spiro atoms. The minimum atomic E-state index is -0.834. The van der Waals surface area contributed by atoms with Crippen molar-refractivity contribution in [2.45, 2.75) is 26.7 Å².